The maximum Gasteiger partial charge on any atom is 0.326 e. The molecular formula is C29H37N5O7. The molecule has 12 heteroatoms. The van der Waals surface area contributed by atoms with Crippen LogP contribution in [-0.4, -0.2) is 74.3 Å². The van der Waals surface area contributed by atoms with E-state index in [2.05, 4.69) is 20.9 Å². The molecule has 0 aliphatic rings. The molecule has 41 heavy (non-hydrogen) atoms. The zero-order chi connectivity index (χ0) is 30.3. The number of aromatic amines is 1. The maximum absolute atomic E-state index is 13.5. The number of rotatable bonds is 13. The SMILES string of the molecule is CC(C)C(NC(=O)C(Cc1c[nH]c2ccccc12)NC(=O)C(N)C(C)O)C(=O)NC(Cc1ccc(O)cc1)C(=O)O. The summed E-state index contributed by atoms with van der Waals surface area (Å²) in [6, 6.07) is 8.49. The number of benzene rings is 2. The maximum atomic E-state index is 13.5. The van der Waals surface area contributed by atoms with E-state index in [1.165, 1.54) is 19.1 Å². The van der Waals surface area contributed by atoms with E-state index in [0.717, 1.165) is 16.5 Å². The van der Waals surface area contributed by atoms with Gasteiger partial charge in [-0.1, -0.05) is 44.2 Å². The van der Waals surface area contributed by atoms with Gasteiger partial charge < -0.3 is 42.0 Å². The number of amides is 3. The molecular weight excluding hydrogens is 530 g/mol. The molecule has 0 radical (unpaired) electrons. The molecule has 0 spiro atoms. The predicted octanol–water partition coefficient (Wildman–Crippen LogP) is 0.562. The number of carbonyl (C=O) groups excluding carboxylic acids is 3. The molecule has 2 aromatic carbocycles. The van der Waals surface area contributed by atoms with E-state index < -0.39 is 59.9 Å². The van der Waals surface area contributed by atoms with Crippen molar-refractivity contribution in [2.75, 3.05) is 0 Å². The average Bonchev–Trinajstić information content (AvgIpc) is 3.33. The van der Waals surface area contributed by atoms with Crippen LogP contribution in [0.4, 0.5) is 0 Å². The molecule has 12 nitrogen and oxygen atoms in total. The van der Waals surface area contributed by atoms with E-state index >= 15 is 0 Å². The molecule has 3 amide bonds. The number of para-hydroxylation sites is 1. The monoisotopic (exact) mass is 567 g/mol. The fourth-order valence-corrected chi connectivity index (χ4v) is 4.33. The zero-order valence-electron chi connectivity index (χ0n) is 23.1. The third-order valence-corrected chi connectivity index (χ3v) is 6.79. The first-order valence-electron chi connectivity index (χ1n) is 13.3. The number of aromatic nitrogens is 1. The van der Waals surface area contributed by atoms with Crippen LogP contribution in [0.2, 0.25) is 0 Å². The summed E-state index contributed by atoms with van der Waals surface area (Å²) < 4.78 is 0. The number of aliphatic hydroxyl groups is 1. The third kappa shape index (κ3) is 8.29. The van der Waals surface area contributed by atoms with Gasteiger partial charge in [0, 0.05) is 29.9 Å². The summed E-state index contributed by atoms with van der Waals surface area (Å²) in [6.45, 7) is 4.74. The Bertz CT molecular complexity index is 1370. The number of carboxylic acids is 1. The third-order valence-electron chi connectivity index (χ3n) is 6.79. The molecule has 3 rings (SSSR count). The minimum atomic E-state index is -1.30. The molecule has 0 aliphatic heterocycles. The van der Waals surface area contributed by atoms with Crippen LogP contribution >= 0.6 is 0 Å². The zero-order valence-corrected chi connectivity index (χ0v) is 23.1. The molecule has 1 aromatic heterocycles. The second-order valence-corrected chi connectivity index (χ2v) is 10.4. The topological polar surface area (TPSA) is 207 Å². The van der Waals surface area contributed by atoms with Crippen LogP contribution in [0.3, 0.4) is 0 Å². The molecule has 0 saturated carbocycles. The number of carboxylic acid groups (broad SMARTS) is 1. The number of H-pyrrole nitrogens is 1. The van der Waals surface area contributed by atoms with Crippen LogP contribution in [-0.2, 0) is 32.0 Å². The Labute approximate surface area is 237 Å². The van der Waals surface area contributed by atoms with Gasteiger partial charge in [0.15, 0.2) is 0 Å². The molecule has 5 atom stereocenters. The van der Waals surface area contributed by atoms with Gasteiger partial charge in [-0.2, -0.15) is 0 Å². The molecule has 5 unspecified atom stereocenters. The Morgan fingerprint density at radius 2 is 1.49 bits per heavy atom. The number of phenolic OH excluding ortho intramolecular Hbond substituents is 1. The van der Waals surface area contributed by atoms with Crippen LogP contribution in [0.25, 0.3) is 10.9 Å². The standard InChI is InChI=1S/C29H37N5O7/c1-15(2)25(28(39)33-23(29(40)41)12-17-8-10-19(36)11-9-17)34-26(37)22(32-27(38)24(30)16(3)35)13-18-14-31-21-7-5-4-6-20(18)21/h4-11,14-16,22-25,31,35-36H,12-13,30H2,1-3H3,(H,32,38)(H,33,39)(H,34,37)(H,40,41). The van der Waals surface area contributed by atoms with Gasteiger partial charge in [0.1, 0.15) is 29.9 Å². The van der Waals surface area contributed by atoms with Crippen molar-refractivity contribution >= 4 is 34.6 Å². The number of fused-ring (bicyclic) bond motifs is 1. The minimum absolute atomic E-state index is 0.0240. The molecule has 9 N–H and O–H groups in total. The van der Waals surface area contributed by atoms with Crippen molar-refractivity contribution in [3.63, 3.8) is 0 Å². The van der Waals surface area contributed by atoms with Gasteiger partial charge in [0.05, 0.1) is 6.10 Å². The highest BCUT2D eigenvalue weighted by Crippen LogP contribution is 2.20. The molecule has 3 aromatic rings. The number of carbonyl (C=O) groups is 4. The Hall–Kier alpha value is -4.42. The number of hydrogen-bond donors (Lipinski definition) is 8. The highest BCUT2D eigenvalue weighted by Gasteiger charge is 2.33. The number of aliphatic carboxylic acids is 1. The van der Waals surface area contributed by atoms with E-state index in [-0.39, 0.29) is 18.6 Å². The second kappa shape index (κ2) is 13.8. The summed E-state index contributed by atoms with van der Waals surface area (Å²) >= 11 is 0. The van der Waals surface area contributed by atoms with Crippen molar-refractivity contribution in [3.05, 3.63) is 65.9 Å². The number of phenols is 1. The first kappa shape index (κ1) is 31.1. The Morgan fingerprint density at radius 1 is 0.854 bits per heavy atom. The van der Waals surface area contributed by atoms with Gasteiger partial charge in [-0.15, -0.1) is 0 Å². The summed E-state index contributed by atoms with van der Waals surface area (Å²) in [7, 11) is 0. The summed E-state index contributed by atoms with van der Waals surface area (Å²) in [5, 5.41) is 37.6. The van der Waals surface area contributed by atoms with Crippen molar-refractivity contribution in [3.8, 4) is 5.75 Å². The molecule has 0 fully saturated rings. The van der Waals surface area contributed by atoms with Crippen LogP contribution in [0, 0.1) is 5.92 Å². The van der Waals surface area contributed by atoms with E-state index in [0.29, 0.717) is 5.56 Å². The summed E-state index contributed by atoms with van der Waals surface area (Å²) in [5.41, 5.74) is 7.94. The first-order chi connectivity index (χ1) is 19.4. The van der Waals surface area contributed by atoms with Gasteiger partial charge in [-0.3, -0.25) is 14.4 Å². The van der Waals surface area contributed by atoms with Crippen molar-refractivity contribution in [2.24, 2.45) is 11.7 Å². The fraction of sp³-hybridized carbons (Fsp3) is 0.379. The van der Waals surface area contributed by atoms with Crippen molar-refractivity contribution in [2.45, 2.75) is 63.9 Å². The number of nitrogens with one attached hydrogen (secondary N) is 4. The van der Waals surface area contributed by atoms with E-state index in [4.69, 9.17) is 5.73 Å². The van der Waals surface area contributed by atoms with Gasteiger partial charge in [0.25, 0.3) is 0 Å². The normalized spacial score (nSPS) is 15.0. The largest absolute Gasteiger partial charge is 0.508 e. The summed E-state index contributed by atoms with van der Waals surface area (Å²) in [5.74, 6) is -3.82. The van der Waals surface area contributed by atoms with Gasteiger partial charge in [-0.05, 0) is 42.2 Å². The second-order valence-electron chi connectivity index (χ2n) is 10.4. The van der Waals surface area contributed by atoms with Crippen molar-refractivity contribution in [1.29, 1.82) is 0 Å². The lowest BCUT2D eigenvalue weighted by Crippen LogP contribution is -2.59. The van der Waals surface area contributed by atoms with E-state index in [9.17, 15) is 34.5 Å². The number of hydrogen-bond acceptors (Lipinski definition) is 7. The lowest BCUT2D eigenvalue weighted by Gasteiger charge is -2.27. The van der Waals surface area contributed by atoms with Crippen LogP contribution < -0.4 is 21.7 Å². The average molecular weight is 568 g/mol. The van der Waals surface area contributed by atoms with Gasteiger partial charge >= 0.3 is 5.97 Å². The quantitative estimate of drug-likeness (QED) is 0.146. The lowest BCUT2D eigenvalue weighted by atomic mass is 9.99. The van der Waals surface area contributed by atoms with Crippen LogP contribution in [0.1, 0.15) is 31.9 Å². The fourth-order valence-electron chi connectivity index (χ4n) is 4.33. The van der Waals surface area contributed by atoms with Gasteiger partial charge in [0.2, 0.25) is 17.7 Å². The van der Waals surface area contributed by atoms with E-state index in [1.807, 2.05) is 24.3 Å². The Morgan fingerprint density at radius 3 is 2.10 bits per heavy atom. The number of aromatic hydroxyl groups is 1. The Balaban J connectivity index is 1.80. The molecule has 0 saturated heterocycles. The van der Waals surface area contributed by atoms with E-state index in [1.54, 1.807) is 32.2 Å². The molecule has 0 aliphatic carbocycles. The van der Waals surface area contributed by atoms with Crippen molar-refractivity contribution < 1.29 is 34.5 Å². The minimum Gasteiger partial charge on any atom is -0.508 e. The first-order valence-corrected chi connectivity index (χ1v) is 13.3. The summed E-state index contributed by atoms with van der Waals surface area (Å²) in [4.78, 5) is 54.5. The van der Waals surface area contributed by atoms with Crippen molar-refractivity contribution in [1.82, 2.24) is 20.9 Å². The highest BCUT2D eigenvalue weighted by molar-refractivity contribution is 5.95. The van der Waals surface area contributed by atoms with Gasteiger partial charge in [-0.25, -0.2) is 4.79 Å². The number of aliphatic hydroxyl groups excluding tert-OH is 1. The molecule has 1 heterocycles. The number of nitrogens with two attached hydrogens (primary N) is 1. The highest BCUT2D eigenvalue weighted by atomic mass is 16.4. The molecule has 220 valence electrons. The Kier molecular flexibility index (Phi) is 10.5. The smallest absolute Gasteiger partial charge is 0.326 e. The predicted molar refractivity (Wildman–Crippen MR) is 152 cm³/mol. The van der Waals surface area contributed by atoms with Crippen LogP contribution in [0.5, 0.6) is 5.75 Å². The molecule has 0 bridgehead atoms. The summed E-state index contributed by atoms with van der Waals surface area (Å²) in [6.07, 6.45) is 0.567. The lowest BCUT2D eigenvalue weighted by molar-refractivity contribution is -0.142. The van der Waals surface area contributed by atoms with Crippen LogP contribution in [0.15, 0.2) is 54.7 Å².